The molecule has 160 valence electrons. The molecule has 0 spiro atoms. The number of benzene rings is 1. The quantitative estimate of drug-likeness (QED) is 0.804. The van der Waals surface area contributed by atoms with Crippen molar-refractivity contribution >= 4 is 5.91 Å². The lowest BCUT2D eigenvalue weighted by Gasteiger charge is -2.29. The third-order valence-electron chi connectivity index (χ3n) is 5.37. The molecule has 3 saturated heterocycles. The van der Waals surface area contributed by atoms with Gasteiger partial charge in [-0.1, -0.05) is 12.1 Å². The van der Waals surface area contributed by atoms with E-state index in [-0.39, 0.29) is 24.2 Å². The van der Waals surface area contributed by atoms with E-state index in [0.29, 0.717) is 13.0 Å². The van der Waals surface area contributed by atoms with Crippen molar-refractivity contribution in [3.63, 3.8) is 0 Å². The Morgan fingerprint density at radius 3 is 2.45 bits per heavy atom. The maximum atomic E-state index is 13.0. The molecule has 3 aliphatic heterocycles. The smallest absolute Gasteiger partial charge is 0.220 e. The van der Waals surface area contributed by atoms with Crippen LogP contribution in [0, 0.1) is 5.82 Å². The zero-order valence-electron chi connectivity index (χ0n) is 17.1. The second-order valence-corrected chi connectivity index (χ2v) is 8.66. The average Bonchev–Trinajstić information content (AvgIpc) is 3.24. The topological polar surface area (TPSA) is 75.3 Å². The number of carbonyl (C=O) groups is 1. The van der Waals surface area contributed by atoms with Gasteiger partial charge in [0.1, 0.15) is 24.1 Å². The Labute approximate surface area is 169 Å². The first-order valence-corrected chi connectivity index (χ1v) is 9.99. The van der Waals surface area contributed by atoms with Gasteiger partial charge in [-0.05, 0) is 51.8 Å². The summed E-state index contributed by atoms with van der Waals surface area (Å²) in [5.41, 5.74) is 0.898. The summed E-state index contributed by atoms with van der Waals surface area (Å²) in [5, 5.41) is 3.05. The molecule has 0 aromatic heterocycles. The van der Waals surface area contributed by atoms with Crippen LogP contribution in [0.2, 0.25) is 0 Å². The van der Waals surface area contributed by atoms with Gasteiger partial charge in [-0.15, -0.1) is 0 Å². The molecule has 1 amide bonds. The summed E-state index contributed by atoms with van der Waals surface area (Å²) >= 11 is 0. The Morgan fingerprint density at radius 1 is 1.07 bits per heavy atom. The minimum atomic E-state index is -0.788. The molecule has 1 N–H and O–H groups in total. The van der Waals surface area contributed by atoms with Crippen LogP contribution in [0.4, 0.5) is 4.39 Å². The van der Waals surface area contributed by atoms with Crippen LogP contribution < -0.4 is 5.32 Å². The van der Waals surface area contributed by atoms with E-state index in [2.05, 4.69) is 5.32 Å². The number of halogens is 1. The molecule has 0 aliphatic carbocycles. The minimum Gasteiger partial charge on any atom is -0.348 e. The van der Waals surface area contributed by atoms with E-state index in [0.717, 1.165) is 5.56 Å². The van der Waals surface area contributed by atoms with E-state index < -0.39 is 36.1 Å². The number of hydrogen-bond donors (Lipinski definition) is 1. The van der Waals surface area contributed by atoms with E-state index in [1.54, 1.807) is 12.1 Å². The Kier molecular flexibility index (Phi) is 5.41. The van der Waals surface area contributed by atoms with Crippen LogP contribution in [0.5, 0.6) is 0 Å². The molecule has 0 radical (unpaired) electrons. The molecule has 5 atom stereocenters. The summed E-state index contributed by atoms with van der Waals surface area (Å²) in [5.74, 6) is -1.92. The molecule has 3 fully saturated rings. The molecule has 0 bridgehead atoms. The number of ether oxygens (including phenoxy) is 5. The van der Waals surface area contributed by atoms with Crippen molar-refractivity contribution in [2.24, 2.45) is 0 Å². The molecule has 0 saturated carbocycles. The summed E-state index contributed by atoms with van der Waals surface area (Å²) in [6.45, 7) is 7.68. The normalized spacial score (nSPS) is 34.9. The first-order valence-electron chi connectivity index (χ1n) is 9.99. The van der Waals surface area contributed by atoms with Gasteiger partial charge in [-0.2, -0.15) is 0 Å². The van der Waals surface area contributed by atoms with Gasteiger partial charge in [-0.3, -0.25) is 4.79 Å². The third kappa shape index (κ3) is 4.62. The number of hydrogen-bond acceptors (Lipinski definition) is 6. The maximum absolute atomic E-state index is 13.0. The molecule has 3 heterocycles. The Morgan fingerprint density at radius 2 is 1.79 bits per heavy atom. The number of amides is 1. The van der Waals surface area contributed by atoms with Crippen LogP contribution >= 0.6 is 0 Å². The van der Waals surface area contributed by atoms with E-state index in [4.69, 9.17) is 23.7 Å². The lowest BCUT2D eigenvalue weighted by atomic mass is 10.0. The Bertz CT molecular complexity index is 752. The molecule has 1 aromatic carbocycles. The molecule has 8 heteroatoms. The van der Waals surface area contributed by atoms with Crippen molar-refractivity contribution < 1.29 is 32.9 Å². The number of aryl methyl sites for hydroxylation is 1. The summed E-state index contributed by atoms with van der Waals surface area (Å²) < 4.78 is 42.6. The number of carbonyl (C=O) groups excluding carboxylic acids is 1. The van der Waals surface area contributed by atoms with E-state index in [9.17, 15) is 9.18 Å². The minimum absolute atomic E-state index is 0.139. The second-order valence-electron chi connectivity index (χ2n) is 8.66. The van der Waals surface area contributed by atoms with E-state index in [1.807, 2.05) is 27.7 Å². The van der Waals surface area contributed by atoms with E-state index in [1.165, 1.54) is 12.1 Å². The maximum Gasteiger partial charge on any atom is 0.220 e. The molecule has 0 unspecified atom stereocenters. The van der Waals surface area contributed by atoms with Gasteiger partial charge in [0.15, 0.2) is 17.9 Å². The van der Waals surface area contributed by atoms with Crippen LogP contribution in [0.25, 0.3) is 0 Å². The third-order valence-corrected chi connectivity index (χ3v) is 5.37. The molecular formula is C21H28FNO6. The van der Waals surface area contributed by atoms with Crippen molar-refractivity contribution in [3.05, 3.63) is 35.6 Å². The summed E-state index contributed by atoms with van der Waals surface area (Å²) in [7, 11) is 0. The molecule has 29 heavy (non-hydrogen) atoms. The highest BCUT2D eigenvalue weighted by molar-refractivity contribution is 5.76. The van der Waals surface area contributed by atoms with Crippen molar-refractivity contribution in [1.29, 1.82) is 0 Å². The van der Waals surface area contributed by atoms with Crippen LogP contribution in [0.1, 0.15) is 39.7 Å². The predicted octanol–water partition coefficient (Wildman–Crippen LogP) is 2.27. The standard InChI is InChI=1S/C21H28FNO6/c1-20(2)25-11-14(27-20)17-16(18-19(26-17)29-21(3,4)28-18)23-15(24)10-7-12-5-8-13(22)9-6-12/h5-6,8-9,14,16-19H,7,10-11H2,1-4H3,(H,23,24)/t14-,16-,17-,18-,19-/m1/s1. The van der Waals surface area contributed by atoms with Gasteiger partial charge in [0.05, 0.1) is 12.6 Å². The van der Waals surface area contributed by atoms with Crippen LogP contribution in [0.15, 0.2) is 24.3 Å². The highest BCUT2D eigenvalue weighted by Gasteiger charge is 2.58. The lowest BCUT2D eigenvalue weighted by molar-refractivity contribution is -0.223. The van der Waals surface area contributed by atoms with Gasteiger partial charge in [0, 0.05) is 6.42 Å². The fourth-order valence-electron chi connectivity index (χ4n) is 4.06. The number of rotatable bonds is 5. The zero-order valence-corrected chi connectivity index (χ0v) is 17.1. The van der Waals surface area contributed by atoms with Crippen LogP contribution in [0.3, 0.4) is 0 Å². The van der Waals surface area contributed by atoms with Crippen LogP contribution in [-0.2, 0) is 34.9 Å². The van der Waals surface area contributed by atoms with E-state index >= 15 is 0 Å². The van der Waals surface area contributed by atoms with Gasteiger partial charge < -0.3 is 29.0 Å². The highest BCUT2D eigenvalue weighted by Crippen LogP contribution is 2.40. The second kappa shape index (κ2) is 7.59. The van der Waals surface area contributed by atoms with Gasteiger partial charge in [0.25, 0.3) is 0 Å². The average molecular weight is 409 g/mol. The molecule has 4 rings (SSSR count). The largest absolute Gasteiger partial charge is 0.348 e. The first kappa shape index (κ1) is 20.7. The van der Waals surface area contributed by atoms with Crippen molar-refractivity contribution in [1.82, 2.24) is 5.32 Å². The van der Waals surface area contributed by atoms with Crippen molar-refractivity contribution in [2.45, 2.75) is 82.8 Å². The summed E-state index contributed by atoms with van der Waals surface area (Å²) in [6.07, 6.45) is -1.02. The molecule has 3 aliphatic rings. The first-order chi connectivity index (χ1) is 13.6. The SMILES string of the molecule is CC1(C)O[C@H]2O[C@H]([C@H]3COC(C)(C)O3)[C@@H](NC(=O)CCc3ccc(F)cc3)[C@H]2O1. The highest BCUT2D eigenvalue weighted by atomic mass is 19.1. The lowest BCUT2D eigenvalue weighted by Crippen LogP contribution is -2.52. The zero-order chi connectivity index (χ0) is 20.8. The molecule has 7 nitrogen and oxygen atoms in total. The Balaban J connectivity index is 1.42. The monoisotopic (exact) mass is 409 g/mol. The summed E-state index contributed by atoms with van der Waals surface area (Å²) in [4.78, 5) is 12.7. The van der Waals surface area contributed by atoms with Gasteiger partial charge >= 0.3 is 0 Å². The molecule has 1 aromatic rings. The fraction of sp³-hybridized carbons (Fsp3) is 0.667. The van der Waals surface area contributed by atoms with Crippen molar-refractivity contribution in [2.75, 3.05) is 6.61 Å². The fourth-order valence-corrected chi connectivity index (χ4v) is 4.06. The Hall–Kier alpha value is -1.58. The predicted molar refractivity (Wildman–Crippen MR) is 100 cm³/mol. The number of fused-ring (bicyclic) bond motifs is 1. The van der Waals surface area contributed by atoms with Crippen LogP contribution in [-0.4, -0.2) is 54.7 Å². The van der Waals surface area contributed by atoms with Crippen molar-refractivity contribution in [3.8, 4) is 0 Å². The summed E-state index contributed by atoms with van der Waals surface area (Å²) in [6, 6.07) is 5.72. The van der Waals surface area contributed by atoms with Gasteiger partial charge in [0.2, 0.25) is 5.91 Å². The van der Waals surface area contributed by atoms with Gasteiger partial charge in [-0.25, -0.2) is 4.39 Å². The number of nitrogens with one attached hydrogen (secondary N) is 1. The molecular weight excluding hydrogens is 381 g/mol.